The molecule has 0 bridgehead atoms. The maximum Gasteiger partial charge on any atom is 0.205 e. The fourth-order valence-corrected chi connectivity index (χ4v) is 5.36. The van der Waals surface area contributed by atoms with Crippen LogP contribution in [-0.2, 0) is 0 Å². The lowest BCUT2D eigenvalue weighted by Crippen LogP contribution is -2.61. The first-order valence-electron chi connectivity index (χ1n) is 10.1. The van der Waals surface area contributed by atoms with Crippen LogP contribution < -0.4 is 15.5 Å². The zero-order valence-corrected chi connectivity index (χ0v) is 17.9. The normalized spacial score (nSPS) is 24.3. The number of anilines is 1. The van der Waals surface area contributed by atoms with Gasteiger partial charge < -0.3 is 15.5 Å². The van der Waals surface area contributed by atoms with Gasteiger partial charge in [-0.3, -0.25) is 0 Å². The monoisotopic (exact) mass is 377 g/mol. The number of nitrogens with one attached hydrogen (secondary N) is 2. The number of piperidine rings is 1. The highest BCUT2D eigenvalue weighted by Crippen LogP contribution is 2.29. The Kier molecular flexibility index (Phi) is 5.92. The summed E-state index contributed by atoms with van der Waals surface area (Å²) in [5.74, 6) is 0.840. The molecule has 0 atom stereocenters. The summed E-state index contributed by atoms with van der Waals surface area (Å²) in [6.07, 6.45) is 9.55. The molecular formula is C20H35N5S. The predicted octanol–water partition coefficient (Wildman–Crippen LogP) is 4.18. The molecule has 1 aromatic rings. The number of rotatable bonds is 4. The van der Waals surface area contributed by atoms with E-state index in [1.807, 2.05) is 0 Å². The van der Waals surface area contributed by atoms with E-state index in [0.29, 0.717) is 6.04 Å². The molecule has 0 radical (unpaired) electrons. The maximum absolute atomic E-state index is 4.77. The minimum atomic E-state index is 0.151. The zero-order valence-electron chi connectivity index (χ0n) is 17.1. The van der Waals surface area contributed by atoms with Gasteiger partial charge in [-0.15, -0.1) is 0 Å². The molecule has 3 rings (SSSR count). The summed E-state index contributed by atoms with van der Waals surface area (Å²) >= 11 is 1.54. The molecule has 2 aliphatic rings. The van der Waals surface area contributed by atoms with Crippen molar-refractivity contribution in [3.8, 4) is 0 Å². The van der Waals surface area contributed by atoms with Gasteiger partial charge in [0.2, 0.25) is 5.13 Å². The Bertz CT molecular complexity index is 610. The van der Waals surface area contributed by atoms with Crippen LogP contribution in [0.1, 0.15) is 79.0 Å². The summed E-state index contributed by atoms with van der Waals surface area (Å²) in [6, 6.07) is 0.473. The summed E-state index contributed by atoms with van der Waals surface area (Å²) in [7, 11) is 0. The molecule has 5 nitrogen and oxygen atoms in total. The highest BCUT2D eigenvalue weighted by atomic mass is 32.1. The van der Waals surface area contributed by atoms with Crippen molar-refractivity contribution in [2.75, 3.05) is 18.0 Å². The second-order valence-electron chi connectivity index (χ2n) is 9.31. The van der Waals surface area contributed by atoms with E-state index in [9.17, 15) is 0 Å². The van der Waals surface area contributed by atoms with E-state index < -0.39 is 0 Å². The minimum absolute atomic E-state index is 0.151. The van der Waals surface area contributed by atoms with E-state index in [4.69, 9.17) is 4.98 Å². The molecule has 1 aromatic heterocycles. The quantitative estimate of drug-likeness (QED) is 0.824. The average Bonchev–Trinajstić information content (AvgIpc) is 2.78. The van der Waals surface area contributed by atoms with Crippen LogP contribution in [-0.4, -0.2) is 39.6 Å². The molecule has 0 saturated carbocycles. The molecule has 0 unspecified atom stereocenters. The van der Waals surface area contributed by atoms with Crippen molar-refractivity contribution in [1.29, 1.82) is 0 Å². The first-order chi connectivity index (χ1) is 12.2. The van der Waals surface area contributed by atoms with Crippen LogP contribution in [0, 0.1) is 0 Å². The van der Waals surface area contributed by atoms with E-state index in [0.717, 1.165) is 42.6 Å². The third-order valence-corrected chi connectivity index (χ3v) is 6.07. The molecule has 26 heavy (non-hydrogen) atoms. The van der Waals surface area contributed by atoms with Gasteiger partial charge in [0.05, 0.1) is 0 Å². The maximum atomic E-state index is 4.77. The van der Waals surface area contributed by atoms with Crippen LogP contribution in [0.2, 0.25) is 0 Å². The fraction of sp³-hybridized carbons (Fsp3) is 0.800. The smallest absolute Gasteiger partial charge is 0.205 e. The van der Waals surface area contributed by atoms with Gasteiger partial charge in [-0.05, 0) is 60.3 Å². The van der Waals surface area contributed by atoms with Gasteiger partial charge in [-0.25, -0.2) is 0 Å². The first kappa shape index (κ1) is 19.6. The van der Waals surface area contributed by atoms with Crippen LogP contribution in [0.25, 0.3) is 6.08 Å². The topological polar surface area (TPSA) is 53.1 Å². The van der Waals surface area contributed by atoms with Crippen molar-refractivity contribution < 1.29 is 0 Å². The van der Waals surface area contributed by atoms with Crippen molar-refractivity contribution >= 4 is 22.7 Å². The Hall–Kier alpha value is -1.14. The van der Waals surface area contributed by atoms with Crippen molar-refractivity contribution in [3.63, 3.8) is 0 Å². The average molecular weight is 378 g/mol. The van der Waals surface area contributed by atoms with Gasteiger partial charge in [-0.2, -0.15) is 9.36 Å². The molecule has 6 heteroatoms. The lowest BCUT2D eigenvalue weighted by atomic mass is 9.79. The van der Waals surface area contributed by atoms with Crippen molar-refractivity contribution in [1.82, 2.24) is 20.0 Å². The standard InChI is InChI=1S/C20H35N5S/c1-15(21-16-13-19(2,3)24-20(4,5)14-16)12-17-22-18(26-23-17)25-10-8-6-7-9-11-25/h12,16,21,24H,6-11,13-14H2,1-5H3/b15-12+. The molecule has 0 aliphatic carbocycles. The molecule has 0 spiro atoms. The van der Waals surface area contributed by atoms with Crippen LogP contribution in [0.4, 0.5) is 5.13 Å². The summed E-state index contributed by atoms with van der Waals surface area (Å²) in [5, 5.41) is 8.53. The molecule has 2 aliphatic heterocycles. The Balaban J connectivity index is 1.63. The summed E-state index contributed by atoms with van der Waals surface area (Å²) < 4.78 is 4.57. The second kappa shape index (κ2) is 7.85. The SMILES string of the molecule is C/C(=C\c1nsc(N2CCCCCC2)n1)NC1CC(C)(C)NC(C)(C)C1. The molecule has 146 valence electrons. The lowest BCUT2D eigenvalue weighted by molar-refractivity contribution is 0.151. The van der Waals surface area contributed by atoms with Gasteiger partial charge in [0.1, 0.15) is 0 Å². The zero-order chi connectivity index (χ0) is 18.8. The highest BCUT2D eigenvalue weighted by molar-refractivity contribution is 7.09. The molecule has 2 fully saturated rings. The highest BCUT2D eigenvalue weighted by Gasteiger charge is 2.37. The second-order valence-corrected chi connectivity index (χ2v) is 10.0. The molecule has 0 aromatic carbocycles. The largest absolute Gasteiger partial charge is 0.386 e. The van der Waals surface area contributed by atoms with Gasteiger partial charge in [0.25, 0.3) is 0 Å². The van der Waals surface area contributed by atoms with Gasteiger partial charge in [-0.1, -0.05) is 12.8 Å². The first-order valence-corrected chi connectivity index (χ1v) is 10.8. The van der Waals surface area contributed by atoms with Gasteiger partial charge >= 0.3 is 0 Å². The lowest BCUT2D eigenvalue weighted by Gasteiger charge is -2.47. The number of hydrogen-bond donors (Lipinski definition) is 2. The Morgan fingerprint density at radius 3 is 2.35 bits per heavy atom. The predicted molar refractivity (Wildman–Crippen MR) is 112 cm³/mol. The van der Waals surface area contributed by atoms with Gasteiger partial charge in [0.15, 0.2) is 5.82 Å². The van der Waals surface area contributed by atoms with E-state index in [2.05, 4.69) is 60.6 Å². The van der Waals surface area contributed by atoms with Crippen molar-refractivity contribution in [2.24, 2.45) is 0 Å². The number of aromatic nitrogens is 2. The van der Waals surface area contributed by atoms with E-state index in [1.165, 1.54) is 37.2 Å². The number of allylic oxidation sites excluding steroid dienone is 1. The van der Waals surface area contributed by atoms with Crippen molar-refractivity contribution in [3.05, 3.63) is 11.5 Å². The van der Waals surface area contributed by atoms with Crippen LogP contribution in [0.5, 0.6) is 0 Å². The van der Waals surface area contributed by atoms with Crippen molar-refractivity contribution in [2.45, 2.75) is 90.3 Å². The third-order valence-electron chi connectivity index (χ3n) is 5.28. The molecular weight excluding hydrogens is 342 g/mol. The Morgan fingerprint density at radius 1 is 1.12 bits per heavy atom. The summed E-state index contributed by atoms with van der Waals surface area (Å²) in [4.78, 5) is 7.18. The fourth-order valence-electron chi connectivity index (χ4n) is 4.66. The molecule has 2 N–H and O–H groups in total. The summed E-state index contributed by atoms with van der Waals surface area (Å²) in [6.45, 7) is 13.5. The molecule has 2 saturated heterocycles. The van der Waals surface area contributed by atoms with Crippen LogP contribution >= 0.6 is 11.5 Å². The van der Waals surface area contributed by atoms with E-state index in [-0.39, 0.29) is 11.1 Å². The van der Waals surface area contributed by atoms with Crippen LogP contribution in [0.3, 0.4) is 0 Å². The minimum Gasteiger partial charge on any atom is -0.386 e. The molecule has 0 amide bonds. The number of hydrogen-bond acceptors (Lipinski definition) is 6. The summed E-state index contributed by atoms with van der Waals surface area (Å²) in [5.41, 5.74) is 1.46. The third kappa shape index (κ3) is 5.43. The Morgan fingerprint density at radius 2 is 1.73 bits per heavy atom. The van der Waals surface area contributed by atoms with Crippen LogP contribution in [0.15, 0.2) is 5.70 Å². The van der Waals surface area contributed by atoms with Gasteiger partial charge in [0, 0.05) is 53.5 Å². The number of nitrogens with zero attached hydrogens (tertiary/aromatic N) is 3. The molecule has 3 heterocycles. The Labute approximate surface area is 162 Å². The van der Waals surface area contributed by atoms with E-state index in [1.54, 1.807) is 0 Å². The van der Waals surface area contributed by atoms with E-state index >= 15 is 0 Å².